The highest BCUT2D eigenvalue weighted by Crippen LogP contribution is 2.44. The largest absolute Gasteiger partial charge is 0.455 e. The lowest BCUT2D eigenvalue weighted by Gasteiger charge is -2.11. The zero-order chi connectivity index (χ0) is 37.7. The van der Waals surface area contributed by atoms with Crippen LogP contribution in [0.1, 0.15) is 0 Å². The van der Waals surface area contributed by atoms with Crippen LogP contribution in [0, 0.1) is 0 Å². The van der Waals surface area contributed by atoms with E-state index < -0.39 is 0 Å². The van der Waals surface area contributed by atoms with E-state index in [1.807, 2.05) is 36.4 Å². The van der Waals surface area contributed by atoms with E-state index >= 15 is 0 Å². The SMILES string of the molecule is c1ccc(-c2cccc(-c3cccc4c3oc3c(-c5nc(-c6ccccc6)nc(-c6ccc(-c7ccc8ccccc8c7)cc6)n5)cc5ccccc5c34)c2)cc1. The molecule has 0 amide bonds. The van der Waals surface area contributed by atoms with E-state index in [0.717, 1.165) is 77.2 Å². The second-order valence-electron chi connectivity index (χ2n) is 14.4. The highest BCUT2D eigenvalue weighted by Gasteiger charge is 2.22. The van der Waals surface area contributed by atoms with Crippen molar-refractivity contribution in [2.24, 2.45) is 0 Å². The number of nitrogens with zero attached hydrogens (tertiary/aromatic N) is 3. The maximum absolute atomic E-state index is 7.06. The van der Waals surface area contributed by atoms with Crippen LogP contribution in [0.15, 0.2) is 205 Å². The molecule has 4 nitrogen and oxygen atoms in total. The molecule has 4 heteroatoms. The quantitative estimate of drug-likeness (QED) is 0.171. The van der Waals surface area contributed by atoms with E-state index in [2.05, 4.69) is 164 Å². The summed E-state index contributed by atoms with van der Waals surface area (Å²) in [5.41, 5.74) is 11.0. The van der Waals surface area contributed by atoms with Crippen molar-refractivity contribution in [3.63, 3.8) is 0 Å². The Morgan fingerprint density at radius 2 is 0.807 bits per heavy atom. The van der Waals surface area contributed by atoms with Crippen LogP contribution in [0.25, 0.3) is 111 Å². The Balaban J connectivity index is 1.10. The van der Waals surface area contributed by atoms with Gasteiger partial charge in [0, 0.05) is 27.5 Å². The number of rotatable bonds is 6. The van der Waals surface area contributed by atoms with Gasteiger partial charge in [0.05, 0.1) is 5.56 Å². The third-order valence-corrected chi connectivity index (χ3v) is 10.9. The van der Waals surface area contributed by atoms with Crippen molar-refractivity contribution < 1.29 is 4.42 Å². The van der Waals surface area contributed by atoms with Crippen LogP contribution in [-0.2, 0) is 0 Å². The first-order valence-corrected chi connectivity index (χ1v) is 19.2. The molecule has 0 saturated heterocycles. The van der Waals surface area contributed by atoms with Gasteiger partial charge in [-0.1, -0.05) is 182 Å². The molecule has 0 aliphatic heterocycles. The molecule has 9 aromatic carbocycles. The van der Waals surface area contributed by atoms with Crippen molar-refractivity contribution in [2.75, 3.05) is 0 Å². The molecule has 2 heterocycles. The van der Waals surface area contributed by atoms with Crippen molar-refractivity contribution in [3.05, 3.63) is 200 Å². The van der Waals surface area contributed by atoms with E-state index in [9.17, 15) is 0 Å². The highest BCUT2D eigenvalue weighted by atomic mass is 16.3. The molecule has 0 N–H and O–H groups in total. The second-order valence-corrected chi connectivity index (χ2v) is 14.4. The van der Waals surface area contributed by atoms with E-state index in [4.69, 9.17) is 19.4 Å². The summed E-state index contributed by atoms with van der Waals surface area (Å²) in [7, 11) is 0. The summed E-state index contributed by atoms with van der Waals surface area (Å²) in [4.78, 5) is 15.4. The molecular formula is C53H33N3O. The van der Waals surface area contributed by atoms with Gasteiger partial charge in [0.25, 0.3) is 0 Å². The third-order valence-electron chi connectivity index (χ3n) is 10.9. The van der Waals surface area contributed by atoms with Gasteiger partial charge in [0.1, 0.15) is 11.2 Å². The van der Waals surface area contributed by atoms with Crippen molar-refractivity contribution in [1.29, 1.82) is 0 Å². The fourth-order valence-corrected chi connectivity index (χ4v) is 8.06. The number of benzene rings is 9. The van der Waals surface area contributed by atoms with Crippen molar-refractivity contribution in [2.45, 2.75) is 0 Å². The lowest BCUT2D eigenvalue weighted by Crippen LogP contribution is -2.00. The zero-order valence-electron chi connectivity index (χ0n) is 30.8. The summed E-state index contributed by atoms with van der Waals surface area (Å²) in [5, 5.41) is 6.74. The Labute approximate surface area is 329 Å². The van der Waals surface area contributed by atoms with Gasteiger partial charge in [-0.2, -0.15) is 0 Å². The molecule has 57 heavy (non-hydrogen) atoms. The lowest BCUT2D eigenvalue weighted by molar-refractivity contribution is 0.671. The predicted molar refractivity (Wildman–Crippen MR) is 235 cm³/mol. The number of fused-ring (bicyclic) bond motifs is 6. The summed E-state index contributed by atoms with van der Waals surface area (Å²) in [6.45, 7) is 0. The fourth-order valence-electron chi connectivity index (χ4n) is 8.06. The number of hydrogen-bond acceptors (Lipinski definition) is 4. The third kappa shape index (κ3) is 5.83. The van der Waals surface area contributed by atoms with Gasteiger partial charge in [-0.15, -0.1) is 0 Å². The monoisotopic (exact) mass is 727 g/mol. The molecule has 11 rings (SSSR count). The molecule has 0 saturated carbocycles. The average Bonchev–Trinajstić information content (AvgIpc) is 3.69. The minimum Gasteiger partial charge on any atom is -0.455 e. The Kier molecular flexibility index (Phi) is 7.78. The summed E-state index contributed by atoms with van der Waals surface area (Å²) < 4.78 is 7.06. The maximum Gasteiger partial charge on any atom is 0.167 e. The standard InChI is InChI=1S/C53H33N3O/c1-3-13-34(14-4-1)40-20-11-21-42(32-40)45-23-12-24-46-48-44-22-10-9-19-43(44)33-47(50(48)57-49(45)46)53-55-51(37-16-5-2-6-17-37)54-52(56-53)38-28-25-36(26-29-38)41-30-27-35-15-7-8-18-39(35)31-41/h1-33H. The second kappa shape index (κ2) is 13.6. The minimum absolute atomic E-state index is 0.555. The molecule has 0 aliphatic carbocycles. The number of furan rings is 1. The van der Waals surface area contributed by atoms with Crippen molar-refractivity contribution >= 4 is 43.5 Å². The van der Waals surface area contributed by atoms with Gasteiger partial charge in [0.2, 0.25) is 0 Å². The maximum atomic E-state index is 7.06. The molecule has 0 aliphatic rings. The van der Waals surface area contributed by atoms with Gasteiger partial charge in [-0.3, -0.25) is 0 Å². The average molecular weight is 728 g/mol. The van der Waals surface area contributed by atoms with Crippen LogP contribution in [0.3, 0.4) is 0 Å². The number of para-hydroxylation sites is 1. The summed E-state index contributed by atoms with van der Waals surface area (Å²) in [6.07, 6.45) is 0. The Bertz CT molecular complexity index is 3280. The van der Waals surface area contributed by atoms with Gasteiger partial charge in [-0.05, 0) is 67.6 Å². The first-order chi connectivity index (χ1) is 28.2. The molecule has 0 fully saturated rings. The molecule has 0 spiro atoms. The molecule has 11 aromatic rings. The van der Waals surface area contributed by atoms with E-state index in [1.54, 1.807) is 0 Å². The van der Waals surface area contributed by atoms with E-state index in [-0.39, 0.29) is 0 Å². The van der Waals surface area contributed by atoms with Crippen LogP contribution in [0.2, 0.25) is 0 Å². The fraction of sp³-hybridized carbons (Fsp3) is 0. The van der Waals surface area contributed by atoms with Crippen LogP contribution < -0.4 is 0 Å². The van der Waals surface area contributed by atoms with Crippen LogP contribution in [-0.4, -0.2) is 15.0 Å². The predicted octanol–water partition coefficient (Wildman–Crippen LogP) is 14.1. The molecule has 266 valence electrons. The Morgan fingerprint density at radius 1 is 0.281 bits per heavy atom. The molecule has 2 aromatic heterocycles. The lowest BCUT2D eigenvalue weighted by atomic mass is 9.96. The minimum atomic E-state index is 0.555. The number of aromatic nitrogens is 3. The zero-order valence-corrected chi connectivity index (χ0v) is 30.8. The normalized spacial score (nSPS) is 11.5. The topological polar surface area (TPSA) is 51.8 Å². The number of hydrogen-bond donors (Lipinski definition) is 0. The summed E-state index contributed by atoms with van der Waals surface area (Å²) >= 11 is 0. The summed E-state index contributed by atoms with van der Waals surface area (Å²) in [6, 6.07) is 69.9. The molecule has 0 atom stereocenters. The molecule has 0 radical (unpaired) electrons. The van der Waals surface area contributed by atoms with Gasteiger partial charge in [-0.25, -0.2) is 15.0 Å². The molecule has 0 unspecified atom stereocenters. The Morgan fingerprint density at radius 3 is 1.60 bits per heavy atom. The highest BCUT2D eigenvalue weighted by molar-refractivity contribution is 6.23. The molecular weight excluding hydrogens is 695 g/mol. The van der Waals surface area contributed by atoms with Gasteiger partial charge in [0.15, 0.2) is 17.5 Å². The van der Waals surface area contributed by atoms with Crippen molar-refractivity contribution in [1.82, 2.24) is 15.0 Å². The van der Waals surface area contributed by atoms with Crippen molar-refractivity contribution in [3.8, 4) is 67.5 Å². The van der Waals surface area contributed by atoms with E-state index in [1.165, 1.54) is 16.3 Å². The Hall–Kier alpha value is -7.69. The van der Waals surface area contributed by atoms with Crippen LogP contribution in [0.4, 0.5) is 0 Å². The van der Waals surface area contributed by atoms with Crippen LogP contribution in [0.5, 0.6) is 0 Å². The van der Waals surface area contributed by atoms with Crippen LogP contribution >= 0.6 is 0 Å². The van der Waals surface area contributed by atoms with Gasteiger partial charge >= 0.3 is 0 Å². The summed E-state index contributed by atoms with van der Waals surface area (Å²) in [5.74, 6) is 1.75. The molecule has 0 bridgehead atoms. The van der Waals surface area contributed by atoms with E-state index in [0.29, 0.717) is 17.5 Å². The smallest absolute Gasteiger partial charge is 0.167 e. The first kappa shape index (κ1) is 32.7. The van der Waals surface area contributed by atoms with Gasteiger partial charge < -0.3 is 4.42 Å². The first-order valence-electron chi connectivity index (χ1n) is 19.2.